The van der Waals surface area contributed by atoms with Crippen molar-refractivity contribution in [3.8, 4) is 5.75 Å². The molecule has 17 heteroatoms. The number of aliphatic hydroxyl groups excluding tert-OH is 1. The van der Waals surface area contributed by atoms with E-state index in [4.69, 9.17) is 14.0 Å². The maximum absolute atomic E-state index is 14.4. The molecule has 1 aliphatic heterocycles. The minimum absolute atomic E-state index is 0.000653. The molecular weight excluding hydrogens is 665 g/mol. The highest BCUT2D eigenvalue weighted by Crippen LogP contribution is 2.30. The Morgan fingerprint density at radius 1 is 1.17 bits per heavy atom. The summed E-state index contributed by atoms with van der Waals surface area (Å²) in [7, 11) is -4.89. The van der Waals surface area contributed by atoms with E-state index in [1.807, 2.05) is 13.8 Å². The van der Waals surface area contributed by atoms with Gasteiger partial charge >= 0.3 is 0 Å². The number of hydrogen-bond acceptors (Lipinski definition) is 11. The van der Waals surface area contributed by atoms with Crippen LogP contribution < -0.4 is 9.46 Å². The number of carbonyl (C=O) groups excluding carboxylic acids is 1. The van der Waals surface area contributed by atoms with E-state index in [2.05, 4.69) is 14.9 Å². The number of imidazole rings is 1. The number of anilines is 1. The van der Waals surface area contributed by atoms with Gasteiger partial charge in [0.15, 0.2) is 15.7 Å². The second-order valence-corrected chi connectivity index (χ2v) is 16.0. The second-order valence-electron chi connectivity index (χ2n) is 12.4. The lowest BCUT2D eigenvalue weighted by molar-refractivity contribution is -0.00835. The lowest BCUT2D eigenvalue weighted by Crippen LogP contribution is -2.48. The summed E-state index contributed by atoms with van der Waals surface area (Å²) in [5.74, 6) is -0.508. The van der Waals surface area contributed by atoms with E-state index in [-0.39, 0.29) is 64.2 Å². The third-order valence-corrected chi connectivity index (χ3v) is 11.7. The van der Waals surface area contributed by atoms with Crippen molar-refractivity contribution in [2.24, 2.45) is 13.0 Å². The van der Waals surface area contributed by atoms with Gasteiger partial charge in [-0.15, -0.1) is 0 Å². The number of aliphatic hydroxyl groups is 1. The van der Waals surface area contributed by atoms with Gasteiger partial charge in [-0.25, -0.2) is 21.8 Å². The zero-order valence-electron chi connectivity index (χ0n) is 28.4. The summed E-state index contributed by atoms with van der Waals surface area (Å²) in [6.45, 7) is 8.54. The van der Waals surface area contributed by atoms with Crippen LogP contribution in [-0.4, -0.2) is 103 Å². The zero-order valence-corrected chi connectivity index (χ0v) is 30.0. The smallest absolute Gasteiger partial charge is 0.267 e. The Labute approximate surface area is 282 Å². The van der Waals surface area contributed by atoms with Crippen LogP contribution >= 0.6 is 0 Å². The Morgan fingerprint density at radius 2 is 1.90 bits per heavy atom. The van der Waals surface area contributed by atoms with Gasteiger partial charge in [0.1, 0.15) is 11.4 Å². The normalized spacial score (nSPS) is 21.0. The molecule has 2 N–H and O–H groups in total. The summed E-state index contributed by atoms with van der Waals surface area (Å²) in [4.78, 5) is 19.8. The molecule has 1 aromatic carbocycles. The van der Waals surface area contributed by atoms with Gasteiger partial charge in [-0.05, 0) is 65.2 Å². The zero-order chi connectivity index (χ0) is 35.4. The van der Waals surface area contributed by atoms with Gasteiger partial charge in [0.05, 0.1) is 36.7 Å². The van der Waals surface area contributed by atoms with Crippen LogP contribution in [0.2, 0.25) is 0 Å². The predicted molar refractivity (Wildman–Crippen MR) is 177 cm³/mol. The van der Waals surface area contributed by atoms with Crippen LogP contribution in [-0.2, 0) is 31.8 Å². The summed E-state index contributed by atoms with van der Waals surface area (Å²) in [5, 5.41) is 13.9. The summed E-state index contributed by atoms with van der Waals surface area (Å²) in [6, 6.07) is 3.82. The first-order valence-corrected chi connectivity index (χ1v) is 18.7. The molecule has 0 saturated carbocycles. The number of amides is 1. The van der Waals surface area contributed by atoms with E-state index in [1.54, 1.807) is 24.6 Å². The van der Waals surface area contributed by atoms with Gasteiger partial charge in [0.25, 0.3) is 26.0 Å². The first-order chi connectivity index (χ1) is 22.5. The fourth-order valence-corrected chi connectivity index (χ4v) is 8.07. The van der Waals surface area contributed by atoms with Gasteiger partial charge in [-0.2, -0.15) is 4.31 Å². The molecule has 0 bridgehead atoms. The van der Waals surface area contributed by atoms with E-state index >= 15 is 0 Å². The first-order valence-electron chi connectivity index (χ1n) is 15.8. The fraction of sp³-hybridized carbons (Fsp3) is 0.581. The van der Waals surface area contributed by atoms with Crippen LogP contribution in [0.4, 0.5) is 5.69 Å². The number of ether oxygens (including phenoxy) is 2. The Balaban J connectivity index is 1.69. The fourth-order valence-electron chi connectivity index (χ4n) is 5.55. The third kappa shape index (κ3) is 8.55. The molecule has 3 aromatic rings. The van der Waals surface area contributed by atoms with Gasteiger partial charge in [0.2, 0.25) is 0 Å². The van der Waals surface area contributed by atoms with Crippen LogP contribution in [0.25, 0.3) is 0 Å². The quantitative estimate of drug-likeness (QED) is 0.333. The summed E-state index contributed by atoms with van der Waals surface area (Å²) in [6.07, 6.45) is 4.02. The number of aryl methyl sites for hydroxylation is 3. The van der Waals surface area contributed by atoms with Crippen molar-refractivity contribution in [2.75, 3.05) is 38.1 Å². The summed E-state index contributed by atoms with van der Waals surface area (Å²) >= 11 is 0. The van der Waals surface area contributed by atoms with Crippen molar-refractivity contribution in [1.29, 1.82) is 0 Å². The Kier molecular flexibility index (Phi) is 11.9. The maximum atomic E-state index is 14.4. The van der Waals surface area contributed by atoms with Gasteiger partial charge < -0.3 is 28.6 Å². The number of nitrogens with one attached hydrogen (secondary N) is 1. The molecule has 4 atom stereocenters. The second kappa shape index (κ2) is 15.4. The monoisotopic (exact) mass is 710 g/mol. The molecule has 1 aliphatic rings. The Morgan fingerprint density at radius 3 is 2.52 bits per heavy atom. The van der Waals surface area contributed by atoms with Crippen molar-refractivity contribution in [3.05, 3.63) is 47.7 Å². The number of carbonyl (C=O) groups is 1. The van der Waals surface area contributed by atoms with Crippen LogP contribution in [0.3, 0.4) is 0 Å². The SMILES string of the molecule is Cc1noc(C)c1S(=O)(=O)Nc1ccc2c(c1)C(=O)N([C@H](C)CO)C[C@H](C)[C@H](CN(C)S(=O)(=O)c1cn(C)cn1)OCCCC[C@@H](C)O2. The molecule has 0 aliphatic carbocycles. The minimum atomic E-state index is -4.12. The highest BCUT2D eigenvalue weighted by atomic mass is 32.2. The Hall–Kier alpha value is -3.51. The number of benzene rings is 1. The maximum Gasteiger partial charge on any atom is 0.267 e. The minimum Gasteiger partial charge on any atom is -0.490 e. The molecule has 0 saturated heterocycles. The number of fused-ring (bicyclic) bond motifs is 1. The predicted octanol–water partition coefficient (Wildman–Crippen LogP) is 2.94. The first kappa shape index (κ1) is 37.3. The summed E-state index contributed by atoms with van der Waals surface area (Å²) in [5.41, 5.74) is 0.406. The highest BCUT2D eigenvalue weighted by Gasteiger charge is 2.33. The molecule has 48 heavy (non-hydrogen) atoms. The standard InChI is InChI=1S/C31H46N6O9S2/c1-20-15-37(21(2)18-38)31(39)26-14-25(34-47(40,41)30-23(4)33-46-24(30)5)11-12-27(26)45-22(3)10-8-9-13-44-28(20)16-36(7)48(42,43)29-17-35(6)19-32-29/h11-12,14,17,19-22,28,34,38H,8-10,13,15-16,18H2,1-7H3/t20-,21+,22+,28-/m0/s1. The number of rotatable bonds is 9. The average Bonchev–Trinajstić information content (AvgIpc) is 3.63. The molecule has 266 valence electrons. The summed E-state index contributed by atoms with van der Waals surface area (Å²) < 4.78 is 76.0. The van der Waals surface area contributed by atoms with Crippen molar-refractivity contribution in [2.45, 2.75) is 82.1 Å². The van der Waals surface area contributed by atoms with Crippen LogP contribution in [0.15, 0.2) is 45.2 Å². The Bertz CT molecular complexity index is 1770. The van der Waals surface area contributed by atoms with Gasteiger partial charge in [-0.1, -0.05) is 12.1 Å². The molecule has 0 fully saturated rings. The lowest BCUT2D eigenvalue weighted by Gasteiger charge is -2.35. The third-order valence-electron chi connectivity index (χ3n) is 8.33. The topological polar surface area (TPSA) is 186 Å². The van der Waals surface area contributed by atoms with Crippen LogP contribution in [0.5, 0.6) is 5.75 Å². The molecule has 1 amide bonds. The number of nitrogens with zero attached hydrogens (tertiary/aromatic N) is 5. The van der Waals surface area contributed by atoms with E-state index in [0.29, 0.717) is 19.4 Å². The molecule has 3 heterocycles. The molecule has 0 unspecified atom stereocenters. The molecule has 4 rings (SSSR count). The van der Waals surface area contributed by atoms with E-state index in [0.717, 1.165) is 6.42 Å². The molecule has 15 nitrogen and oxygen atoms in total. The van der Waals surface area contributed by atoms with Crippen molar-refractivity contribution >= 4 is 31.6 Å². The van der Waals surface area contributed by atoms with Crippen molar-refractivity contribution < 1.29 is 40.7 Å². The number of likely N-dealkylation sites (N-methyl/N-ethyl adjacent to an activating group) is 1. The van der Waals surface area contributed by atoms with E-state index in [1.165, 1.54) is 54.8 Å². The molecular formula is C31H46N6O9S2. The average molecular weight is 711 g/mol. The van der Waals surface area contributed by atoms with Gasteiger partial charge in [-0.3, -0.25) is 9.52 Å². The molecule has 2 aromatic heterocycles. The van der Waals surface area contributed by atoms with Crippen LogP contribution in [0, 0.1) is 19.8 Å². The number of sulfonamides is 2. The number of aromatic nitrogens is 3. The van der Waals surface area contributed by atoms with Crippen molar-refractivity contribution in [1.82, 2.24) is 23.9 Å². The van der Waals surface area contributed by atoms with E-state index < -0.39 is 44.0 Å². The molecule has 0 spiro atoms. The highest BCUT2D eigenvalue weighted by molar-refractivity contribution is 7.92. The van der Waals surface area contributed by atoms with Crippen molar-refractivity contribution in [3.63, 3.8) is 0 Å². The van der Waals surface area contributed by atoms with E-state index in [9.17, 15) is 26.7 Å². The largest absolute Gasteiger partial charge is 0.490 e. The lowest BCUT2D eigenvalue weighted by atomic mass is 10.0. The van der Waals surface area contributed by atoms with Crippen LogP contribution in [0.1, 0.15) is 61.8 Å². The molecule has 0 radical (unpaired) electrons. The van der Waals surface area contributed by atoms with Gasteiger partial charge in [0, 0.05) is 51.6 Å². The number of hydrogen-bond donors (Lipinski definition) is 2.